The highest BCUT2D eigenvalue weighted by Gasteiger charge is 2.47. The number of anilines is 1. The van der Waals surface area contributed by atoms with Crippen LogP contribution in [0.15, 0.2) is 29.1 Å². The lowest BCUT2D eigenvalue weighted by molar-refractivity contribution is -0.0878. The van der Waals surface area contributed by atoms with Gasteiger partial charge in [0.25, 0.3) is 11.5 Å². The normalized spacial score (nSPS) is 20.1. The van der Waals surface area contributed by atoms with Gasteiger partial charge in [-0.25, -0.2) is 23.1 Å². The van der Waals surface area contributed by atoms with Crippen molar-refractivity contribution in [3.05, 3.63) is 63.3 Å². The number of carbonyl (C=O) groups excluding carboxylic acids is 1. The van der Waals surface area contributed by atoms with Crippen molar-refractivity contribution in [3.8, 4) is 0 Å². The molecule has 2 saturated carbocycles. The van der Waals surface area contributed by atoms with Gasteiger partial charge in [-0.05, 0) is 37.5 Å². The van der Waals surface area contributed by atoms with Crippen LogP contribution < -0.4 is 15.8 Å². The van der Waals surface area contributed by atoms with Gasteiger partial charge in [-0.1, -0.05) is 6.07 Å². The summed E-state index contributed by atoms with van der Waals surface area (Å²) in [5.41, 5.74) is 0.291. The number of nitrogens with one attached hydrogen (secondary N) is 2. The molecule has 2 aromatic heterocycles. The van der Waals surface area contributed by atoms with Gasteiger partial charge >= 0.3 is 0 Å². The number of nitrogens with zero attached hydrogens (tertiary/aromatic N) is 4. The van der Waals surface area contributed by atoms with Gasteiger partial charge in [0.1, 0.15) is 16.9 Å². The van der Waals surface area contributed by atoms with Gasteiger partial charge in [-0.15, -0.1) is 0 Å². The van der Waals surface area contributed by atoms with E-state index in [4.69, 9.17) is 0 Å². The third kappa shape index (κ3) is 5.09. The van der Waals surface area contributed by atoms with E-state index in [0.717, 1.165) is 19.3 Å². The van der Waals surface area contributed by atoms with Crippen LogP contribution in [0.3, 0.4) is 0 Å². The molecule has 3 heterocycles. The number of carbonyl (C=O) groups is 1. The van der Waals surface area contributed by atoms with Gasteiger partial charge < -0.3 is 15.2 Å². The number of hydrogen-bond acceptors (Lipinski definition) is 6. The number of amides is 1. The molecule has 3 aromatic rings. The van der Waals surface area contributed by atoms with Crippen LogP contribution in [-0.4, -0.2) is 63.9 Å². The molecule has 2 aliphatic carbocycles. The SMILES string of the molecule is O=C(NC1CCC1)c1ccc(N2CCN(Cc3ccc4nc(C5CC(F)(F)C5)c(=O)[nH]c4c3F)CC2)c(F)n1. The summed E-state index contributed by atoms with van der Waals surface area (Å²) in [5, 5.41) is 2.85. The molecule has 0 spiro atoms. The van der Waals surface area contributed by atoms with E-state index < -0.39 is 42.0 Å². The summed E-state index contributed by atoms with van der Waals surface area (Å²) in [6.45, 7) is 2.30. The standard InChI is InChI=1S/C27H28F4N6O2/c28-21-15(4-5-18-23(21)35-26(39)22(33-18)16-12-27(30,31)13-16)14-36-8-10-37(11-9-36)20-7-6-19(34-24(20)29)25(38)32-17-2-1-3-17/h4-7,16-17H,1-3,8-14H2,(H,32,38)(H,35,39). The van der Waals surface area contributed by atoms with Crippen LogP contribution in [-0.2, 0) is 6.54 Å². The Morgan fingerprint density at radius 2 is 1.79 bits per heavy atom. The Hall–Kier alpha value is -3.54. The van der Waals surface area contributed by atoms with Crippen LogP contribution >= 0.6 is 0 Å². The first-order valence-electron chi connectivity index (χ1n) is 13.2. The van der Waals surface area contributed by atoms with Crippen LogP contribution in [0.4, 0.5) is 23.2 Å². The third-order valence-electron chi connectivity index (χ3n) is 8.00. The van der Waals surface area contributed by atoms with E-state index in [-0.39, 0.29) is 40.9 Å². The maximum Gasteiger partial charge on any atom is 0.270 e. The topological polar surface area (TPSA) is 94.2 Å². The van der Waals surface area contributed by atoms with E-state index in [9.17, 15) is 22.8 Å². The second-order valence-corrected chi connectivity index (χ2v) is 10.7. The number of piperazine rings is 1. The number of pyridine rings is 1. The molecule has 39 heavy (non-hydrogen) atoms. The number of H-pyrrole nitrogens is 1. The average Bonchev–Trinajstić information content (AvgIpc) is 2.87. The van der Waals surface area contributed by atoms with Gasteiger partial charge in [0, 0.05) is 63.1 Å². The summed E-state index contributed by atoms with van der Waals surface area (Å²) in [5.74, 6) is -5.09. The summed E-state index contributed by atoms with van der Waals surface area (Å²) >= 11 is 0. The molecule has 0 bridgehead atoms. The molecule has 3 fully saturated rings. The Bertz CT molecular complexity index is 1480. The fraction of sp³-hybridized carbons (Fsp3) is 0.481. The summed E-state index contributed by atoms with van der Waals surface area (Å²) in [6, 6.07) is 6.41. The van der Waals surface area contributed by atoms with Crippen molar-refractivity contribution in [1.82, 2.24) is 25.2 Å². The minimum absolute atomic E-state index is 0.0189. The molecule has 0 atom stereocenters. The number of halogens is 4. The van der Waals surface area contributed by atoms with E-state index in [2.05, 4.69) is 20.3 Å². The molecule has 0 unspecified atom stereocenters. The molecule has 8 nitrogen and oxygen atoms in total. The number of fused-ring (bicyclic) bond motifs is 1. The lowest BCUT2D eigenvalue weighted by atomic mass is 9.79. The molecule has 1 amide bonds. The van der Waals surface area contributed by atoms with Crippen LogP contribution in [0, 0.1) is 11.8 Å². The number of aromatic nitrogens is 3. The predicted octanol–water partition coefficient (Wildman–Crippen LogP) is 3.71. The lowest BCUT2D eigenvalue weighted by Crippen LogP contribution is -2.46. The van der Waals surface area contributed by atoms with E-state index in [1.165, 1.54) is 6.07 Å². The minimum atomic E-state index is -2.79. The largest absolute Gasteiger partial charge is 0.365 e. The summed E-state index contributed by atoms with van der Waals surface area (Å²) in [6.07, 6.45) is 2.08. The van der Waals surface area contributed by atoms with Crippen molar-refractivity contribution in [1.29, 1.82) is 0 Å². The predicted molar refractivity (Wildman–Crippen MR) is 136 cm³/mol. The Balaban J connectivity index is 1.09. The Morgan fingerprint density at radius 3 is 2.44 bits per heavy atom. The van der Waals surface area contributed by atoms with Crippen molar-refractivity contribution < 1.29 is 22.4 Å². The van der Waals surface area contributed by atoms with Crippen molar-refractivity contribution in [2.75, 3.05) is 31.1 Å². The van der Waals surface area contributed by atoms with Crippen LogP contribution in [0.2, 0.25) is 0 Å². The fourth-order valence-electron chi connectivity index (χ4n) is 5.42. The van der Waals surface area contributed by atoms with Gasteiger partial charge in [0.15, 0.2) is 5.82 Å². The molecular weight excluding hydrogens is 516 g/mol. The van der Waals surface area contributed by atoms with Crippen molar-refractivity contribution in [3.63, 3.8) is 0 Å². The van der Waals surface area contributed by atoms with Crippen LogP contribution in [0.25, 0.3) is 11.0 Å². The Labute approximate surface area is 221 Å². The number of rotatable bonds is 6. The van der Waals surface area contributed by atoms with Crippen LogP contribution in [0.5, 0.6) is 0 Å². The average molecular weight is 545 g/mol. The van der Waals surface area contributed by atoms with Crippen molar-refractivity contribution in [2.45, 2.75) is 56.5 Å². The maximum absolute atomic E-state index is 15.3. The molecule has 1 aliphatic heterocycles. The maximum atomic E-state index is 15.3. The zero-order valence-corrected chi connectivity index (χ0v) is 21.2. The van der Waals surface area contributed by atoms with Crippen molar-refractivity contribution >= 4 is 22.6 Å². The van der Waals surface area contributed by atoms with Gasteiger partial charge in [-0.2, -0.15) is 4.39 Å². The number of hydrogen-bond donors (Lipinski definition) is 2. The third-order valence-corrected chi connectivity index (χ3v) is 8.00. The van der Waals surface area contributed by atoms with E-state index in [1.54, 1.807) is 18.2 Å². The first-order chi connectivity index (χ1) is 18.7. The minimum Gasteiger partial charge on any atom is -0.365 e. The lowest BCUT2D eigenvalue weighted by Gasteiger charge is -2.36. The highest BCUT2D eigenvalue weighted by Crippen LogP contribution is 2.47. The summed E-state index contributed by atoms with van der Waals surface area (Å²) in [7, 11) is 0. The fourth-order valence-corrected chi connectivity index (χ4v) is 5.42. The first kappa shape index (κ1) is 25.7. The number of aromatic amines is 1. The zero-order chi connectivity index (χ0) is 27.3. The van der Waals surface area contributed by atoms with Crippen molar-refractivity contribution in [2.24, 2.45) is 0 Å². The Morgan fingerprint density at radius 1 is 1.05 bits per heavy atom. The molecule has 6 rings (SSSR count). The molecule has 0 radical (unpaired) electrons. The Kier molecular flexibility index (Phi) is 6.52. The summed E-state index contributed by atoms with van der Waals surface area (Å²) in [4.78, 5) is 39.2. The van der Waals surface area contributed by atoms with E-state index in [1.807, 2.05) is 9.80 Å². The number of alkyl halides is 2. The number of benzene rings is 1. The van der Waals surface area contributed by atoms with E-state index in [0.29, 0.717) is 37.4 Å². The van der Waals surface area contributed by atoms with Gasteiger partial charge in [-0.3, -0.25) is 14.5 Å². The quantitative estimate of drug-likeness (QED) is 0.363. The van der Waals surface area contributed by atoms with Gasteiger partial charge in [0.05, 0.1) is 11.2 Å². The molecule has 1 aromatic carbocycles. The molecular formula is C27H28F4N6O2. The highest BCUT2D eigenvalue weighted by atomic mass is 19.3. The molecule has 12 heteroatoms. The van der Waals surface area contributed by atoms with Gasteiger partial charge in [0.2, 0.25) is 11.9 Å². The summed E-state index contributed by atoms with van der Waals surface area (Å²) < 4.78 is 56.6. The molecule has 2 N–H and O–H groups in total. The second-order valence-electron chi connectivity index (χ2n) is 10.7. The smallest absolute Gasteiger partial charge is 0.270 e. The van der Waals surface area contributed by atoms with Crippen LogP contribution in [0.1, 0.15) is 59.8 Å². The zero-order valence-electron chi connectivity index (χ0n) is 21.2. The molecule has 3 aliphatic rings. The first-order valence-corrected chi connectivity index (χ1v) is 13.2. The second kappa shape index (κ2) is 9.89. The molecule has 1 saturated heterocycles. The van der Waals surface area contributed by atoms with E-state index >= 15 is 4.39 Å². The molecule has 206 valence electrons. The highest BCUT2D eigenvalue weighted by molar-refractivity contribution is 5.92. The monoisotopic (exact) mass is 544 g/mol.